The molecule has 3 rings (SSSR count). The predicted octanol–water partition coefficient (Wildman–Crippen LogP) is 5.14. The second-order valence-corrected chi connectivity index (χ2v) is 8.58. The lowest BCUT2D eigenvalue weighted by molar-refractivity contribution is -0.197. The fourth-order valence-electron chi connectivity index (χ4n) is 4.06. The molecule has 0 bridgehead atoms. The average molecular weight is 540 g/mol. The van der Waals surface area contributed by atoms with Gasteiger partial charge in [-0.1, -0.05) is 13.3 Å². The van der Waals surface area contributed by atoms with Gasteiger partial charge in [0.1, 0.15) is 17.1 Å². The SMILES string of the molecule is CCCC1CNC(=O)c2cc(F)c(-c3cc(N)c(F)c(C)c3C(F)(F)F)nc2O[C@@H](C(F)(F)F)CCN1. The number of carbonyl (C=O) groups is 1. The van der Waals surface area contributed by atoms with Crippen LogP contribution in [0.5, 0.6) is 5.88 Å². The Balaban J connectivity index is 2.23. The van der Waals surface area contributed by atoms with Crippen molar-refractivity contribution in [3.05, 3.63) is 40.5 Å². The summed E-state index contributed by atoms with van der Waals surface area (Å²) in [5.41, 5.74) is -0.754. The van der Waals surface area contributed by atoms with Gasteiger partial charge in [-0.25, -0.2) is 13.8 Å². The summed E-state index contributed by atoms with van der Waals surface area (Å²) >= 11 is 0. The average Bonchev–Trinajstić information content (AvgIpc) is 2.81. The largest absolute Gasteiger partial charge is 0.464 e. The Hall–Kier alpha value is -3.16. The predicted molar refractivity (Wildman–Crippen MR) is 118 cm³/mol. The number of benzene rings is 1. The molecule has 0 spiro atoms. The van der Waals surface area contributed by atoms with Crippen molar-refractivity contribution >= 4 is 11.6 Å². The van der Waals surface area contributed by atoms with Crippen molar-refractivity contribution in [2.75, 3.05) is 18.8 Å². The van der Waals surface area contributed by atoms with Crippen molar-refractivity contribution < 1.29 is 44.7 Å². The Morgan fingerprint density at radius 2 is 1.81 bits per heavy atom. The first-order valence-corrected chi connectivity index (χ1v) is 11.3. The fraction of sp³-hybridized carbons (Fsp3) is 0.478. The molecule has 0 radical (unpaired) electrons. The summed E-state index contributed by atoms with van der Waals surface area (Å²) in [5.74, 6) is -4.94. The van der Waals surface area contributed by atoms with E-state index in [-0.39, 0.29) is 19.1 Å². The standard InChI is InChI=1S/C23H24F8N4O2/c1-3-4-11-9-34-20(36)13-7-14(24)19(35-21(13)37-16(5-6-33-11)22(26,27)28)12-8-15(32)18(25)10(2)17(12)23(29,30)31/h7-8,11,16,33H,3-6,9,32H2,1-2H3,(H,34,36)/t11?,16-/m1/s1. The Bertz CT molecular complexity index is 1170. The molecule has 2 heterocycles. The molecule has 2 aromatic rings. The van der Waals surface area contributed by atoms with Gasteiger partial charge in [-0.15, -0.1) is 0 Å². The molecule has 14 heteroatoms. The van der Waals surface area contributed by atoms with Crippen LogP contribution in [0, 0.1) is 18.6 Å². The molecule has 1 aliphatic heterocycles. The Morgan fingerprint density at radius 1 is 1.14 bits per heavy atom. The van der Waals surface area contributed by atoms with E-state index in [0.717, 1.165) is 6.92 Å². The van der Waals surface area contributed by atoms with E-state index >= 15 is 4.39 Å². The first-order chi connectivity index (χ1) is 17.1. The highest BCUT2D eigenvalue weighted by Gasteiger charge is 2.43. The highest BCUT2D eigenvalue weighted by Crippen LogP contribution is 2.43. The summed E-state index contributed by atoms with van der Waals surface area (Å²) in [6, 6.07) is 0.533. The lowest BCUT2D eigenvalue weighted by Crippen LogP contribution is -2.42. The molecule has 0 saturated carbocycles. The van der Waals surface area contributed by atoms with Crippen molar-refractivity contribution in [1.82, 2.24) is 15.6 Å². The zero-order valence-electron chi connectivity index (χ0n) is 19.7. The molecule has 37 heavy (non-hydrogen) atoms. The van der Waals surface area contributed by atoms with E-state index in [9.17, 15) is 35.5 Å². The topological polar surface area (TPSA) is 89.3 Å². The van der Waals surface area contributed by atoms with Gasteiger partial charge < -0.3 is 21.1 Å². The van der Waals surface area contributed by atoms with Gasteiger partial charge in [0.05, 0.1) is 11.3 Å². The van der Waals surface area contributed by atoms with Crippen LogP contribution in [-0.4, -0.2) is 42.3 Å². The molecule has 0 aliphatic carbocycles. The van der Waals surface area contributed by atoms with E-state index in [1.807, 2.05) is 6.92 Å². The number of aromatic nitrogens is 1. The maximum absolute atomic E-state index is 15.2. The summed E-state index contributed by atoms with van der Waals surface area (Å²) in [7, 11) is 0. The molecule has 0 fully saturated rings. The first-order valence-electron chi connectivity index (χ1n) is 11.3. The number of amides is 1. The number of ether oxygens (including phenoxy) is 1. The second-order valence-electron chi connectivity index (χ2n) is 8.58. The number of pyridine rings is 1. The molecule has 1 aromatic heterocycles. The normalized spacial score (nSPS) is 19.5. The Kier molecular flexibility index (Phi) is 8.20. The van der Waals surface area contributed by atoms with Gasteiger partial charge in [-0.3, -0.25) is 4.79 Å². The molecule has 204 valence electrons. The minimum absolute atomic E-state index is 0.0158. The molecule has 4 N–H and O–H groups in total. The lowest BCUT2D eigenvalue weighted by atomic mass is 9.96. The van der Waals surface area contributed by atoms with Gasteiger partial charge in [-0.05, 0) is 37.6 Å². The van der Waals surface area contributed by atoms with Gasteiger partial charge >= 0.3 is 12.4 Å². The number of halogens is 8. The minimum Gasteiger partial charge on any atom is -0.464 e. The Morgan fingerprint density at radius 3 is 2.41 bits per heavy atom. The molecule has 1 unspecified atom stereocenters. The van der Waals surface area contributed by atoms with Crippen LogP contribution in [0.1, 0.15) is 47.7 Å². The molecular formula is C23H24F8N4O2. The van der Waals surface area contributed by atoms with Gasteiger partial charge in [0.2, 0.25) is 5.88 Å². The van der Waals surface area contributed by atoms with Crippen LogP contribution < -0.4 is 21.1 Å². The van der Waals surface area contributed by atoms with Crippen molar-refractivity contribution in [1.29, 1.82) is 0 Å². The van der Waals surface area contributed by atoms with Crippen molar-refractivity contribution in [2.45, 2.75) is 57.6 Å². The molecule has 6 nitrogen and oxygen atoms in total. The Labute approximate surface area is 206 Å². The molecular weight excluding hydrogens is 516 g/mol. The lowest BCUT2D eigenvalue weighted by Gasteiger charge is -2.23. The number of fused-ring (bicyclic) bond motifs is 1. The number of nitrogens with one attached hydrogen (secondary N) is 2. The smallest absolute Gasteiger partial charge is 0.425 e. The molecule has 0 saturated heterocycles. The molecule has 2 atom stereocenters. The monoisotopic (exact) mass is 540 g/mol. The number of anilines is 1. The maximum Gasteiger partial charge on any atom is 0.425 e. The van der Waals surface area contributed by atoms with Crippen LogP contribution in [0.2, 0.25) is 0 Å². The van der Waals surface area contributed by atoms with Crippen molar-refractivity contribution in [3.8, 4) is 17.1 Å². The van der Waals surface area contributed by atoms with E-state index in [1.54, 1.807) is 0 Å². The summed E-state index contributed by atoms with van der Waals surface area (Å²) in [5, 5.41) is 5.35. The molecule has 1 amide bonds. The van der Waals surface area contributed by atoms with Crippen molar-refractivity contribution in [3.63, 3.8) is 0 Å². The maximum atomic E-state index is 15.2. The first kappa shape index (κ1) is 28.4. The highest BCUT2D eigenvalue weighted by molar-refractivity contribution is 5.97. The zero-order chi connectivity index (χ0) is 27.7. The van der Waals surface area contributed by atoms with Crippen LogP contribution in [-0.2, 0) is 6.18 Å². The summed E-state index contributed by atoms with van der Waals surface area (Å²) in [4.78, 5) is 16.4. The van der Waals surface area contributed by atoms with Gasteiger partial charge in [0, 0.05) is 24.6 Å². The van der Waals surface area contributed by atoms with Gasteiger partial charge in [0.25, 0.3) is 5.91 Å². The highest BCUT2D eigenvalue weighted by atomic mass is 19.4. The van der Waals surface area contributed by atoms with E-state index < -0.39 is 81.9 Å². The van der Waals surface area contributed by atoms with E-state index in [2.05, 4.69) is 15.6 Å². The third-order valence-corrected chi connectivity index (χ3v) is 5.86. The van der Waals surface area contributed by atoms with Crippen LogP contribution >= 0.6 is 0 Å². The molecule has 1 aromatic carbocycles. The number of rotatable bonds is 3. The van der Waals surface area contributed by atoms with Gasteiger partial charge in [-0.2, -0.15) is 26.3 Å². The summed E-state index contributed by atoms with van der Waals surface area (Å²) in [6.45, 7) is 2.42. The summed E-state index contributed by atoms with van der Waals surface area (Å²) in [6.07, 6.45) is -12.1. The third-order valence-electron chi connectivity index (χ3n) is 5.86. The second kappa shape index (κ2) is 10.7. The van der Waals surface area contributed by atoms with E-state index in [0.29, 0.717) is 25.0 Å². The quantitative estimate of drug-likeness (QED) is 0.371. The van der Waals surface area contributed by atoms with Crippen molar-refractivity contribution in [2.24, 2.45) is 0 Å². The number of carbonyl (C=O) groups excluding carboxylic acids is 1. The van der Waals surface area contributed by atoms with E-state index in [1.165, 1.54) is 0 Å². The van der Waals surface area contributed by atoms with Crippen LogP contribution in [0.4, 0.5) is 40.8 Å². The number of hydrogen-bond donors (Lipinski definition) is 3. The fourth-order valence-corrected chi connectivity index (χ4v) is 4.06. The van der Waals surface area contributed by atoms with Gasteiger partial charge in [0.15, 0.2) is 11.9 Å². The number of hydrogen-bond acceptors (Lipinski definition) is 5. The zero-order valence-corrected chi connectivity index (χ0v) is 19.7. The molecule has 1 aliphatic rings. The van der Waals surface area contributed by atoms with E-state index in [4.69, 9.17) is 10.5 Å². The summed E-state index contributed by atoms with van der Waals surface area (Å²) < 4.78 is 117. The number of nitrogens with two attached hydrogens (primary N) is 1. The minimum atomic E-state index is -5.20. The van der Waals surface area contributed by atoms with Crippen LogP contribution in [0.3, 0.4) is 0 Å². The number of nitrogens with zero attached hydrogens (tertiary/aromatic N) is 1. The van der Waals surface area contributed by atoms with Crippen LogP contribution in [0.15, 0.2) is 12.1 Å². The third kappa shape index (κ3) is 6.22. The number of nitrogen functional groups attached to an aromatic ring is 1. The number of alkyl halides is 6. The van der Waals surface area contributed by atoms with Crippen LogP contribution in [0.25, 0.3) is 11.3 Å².